The summed E-state index contributed by atoms with van der Waals surface area (Å²) < 4.78 is 22.9. The van der Waals surface area contributed by atoms with Crippen molar-refractivity contribution in [1.82, 2.24) is 9.55 Å². The van der Waals surface area contributed by atoms with Crippen LogP contribution in [0.15, 0.2) is 59.3 Å². The lowest BCUT2D eigenvalue weighted by molar-refractivity contribution is 0.0601. The normalized spacial score (nSPS) is 11.0. The highest BCUT2D eigenvalue weighted by atomic mass is 79.9. The molecule has 6 nitrogen and oxygen atoms in total. The van der Waals surface area contributed by atoms with Gasteiger partial charge < -0.3 is 20.4 Å². The molecule has 4 aromatic rings. The zero-order valence-corrected chi connectivity index (χ0v) is 18.7. The zero-order chi connectivity index (χ0) is 22.1. The predicted octanol–water partition coefficient (Wildman–Crippen LogP) is 5.75. The smallest absolute Gasteiger partial charge is 0.340 e. The molecule has 3 aromatic carbocycles. The maximum atomic E-state index is 15.5. The molecule has 0 atom stereocenters. The fraction of sp³-hybridized carbons (Fsp3) is 0.0909. The number of esters is 1. The Bertz CT molecular complexity index is 1290. The number of nitrogen functional groups attached to an aromatic ring is 1. The van der Waals surface area contributed by atoms with Crippen LogP contribution in [0, 0.1) is 5.82 Å². The van der Waals surface area contributed by atoms with Crippen molar-refractivity contribution in [2.75, 3.05) is 18.2 Å². The van der Waals surface area contributed by atoms with E-state index in [1.54, 1.807) is 41.0 Å². The third-order valence-corrected chi connectivity index (χ3v) is 5.59. The van der Waals surface area contributed by atoms with E-state index in [2.05, 4.69) is 26.2 Å². The van der Waals surface area contributed by atoms with Crippen LogP contribution in [-0.4, -0.2) is 22.6 Å². The molecule has 31 heavy (non-hydrogen) atoms. The van der Waals surface area contributed by atoms with E-state index in [1.165, 1.54) is 13.4 Å². The van der Waals surface area contributed by atoms with Crippen molar-refractivity contribution >= 4 is 61.6 Å². The Morgan fingerprint density at radius 1 is 1.26 bits per heavy atom. The van der Waals surface area contributed by atoms with Crippen molar-refractivity contribution in [3.8, 4) is 0 Å². The second-order valence-electron chi connectivity index (χ2n) is 6.84. The van der Waals surface area contributed by atoms with Crippen LogP contribution in [0.25, 0.3) is 11.0 Å². The fourth-order valence-corrected chi connectivity index (χ4v) is 3.94. The molecule has 1 heterocycles. The van der Waals surface area contributed by atoms with Crippen molar-refractivity contribution in [2.45, 2.75) is 6.54 Å². The largest absolute Gasteiger partial charge is 0.465 e. The third-order valence-electron chi connectivity index (χ3n) is 4.78. The number of nitrogens with one attached hydrogen (secondary N) is 1. The summed E-state index contributed by atoms with van der Waals surface area (Å²) in [7, 11) is 1.24. The number of anilines is 3. The number of hydrogen-bond donors (Lipinski definition) is 2. The van der Waals surface area contributed by atoms with E-state index in [9.17, 15) is 4.79 Å². The first-order chi connectivity index (χ1) is 14.9. The number of rotatable bonds is 5. The maximum Gasteiger partial charge on any atom is 0.340 e. The molecule has 0 radical (unpaired) electrons. The molecular formula is C22H17BrClFN4O2. The van der Waals surface area contributed by atoms with Gasteiger partial charge in [-0.2, -0.15) is 0 Å². The Labute approximate surface area is 190 Å². The standard InChI is InChI=1S/C22H17BrClFN4O2/c1-31-22(30)15-9-18-21(27-11-29(18)10-12-2-5-14(26)6-3-12)19(25)20(15)28-17-7-4-13(23)8-16(17)24/h2-9,11,28H,10,26H2,1H3. The number of nitrogens with two attached hydrogens (primary N) is 1. The number of aromatic nitrogens is 2. The molecule has 1 aromatic heterocycles. The minimum Gasteiger partial charge on any atom is -0.465 e. The topological polar surface area (TPSA) is 82.2 Å². The molecule has 0 unspecified atom stereocenters. The van der Waals surface area contributed by atoms with Gasteiger partial charge in [0, 0.05) is 16.7 Å². The Kier molecular flexibility index (Phi) is 5.84. The molecular weight excluding hydrogens is 487 g/mol. The number of halogens is 3. The number of methoxy groups -OCH3 is 1. The van der Waals surface area contributed by atoms with Gasteiger partial charge in [0.25, 0.3) is 0 Å². The minimum absolute atomic E-state index is 0.0329. The predicted molar refractivity (Wildman–Crippen MR) is 123 cm³/mol. The summed E-state index contributed by atoms with van der Waals surface area (Å²) in [6.45, 7) is 0.433. The first-order valence-electron chi connectivity index (χ1n) is 9.19. The second kappa shape index (κ2) is 8.56. The second-order valence-corrected chi connectivity index (χ2v) is 8.16. The van der Waals surface area contributed by atoms with Crippen LogP contribution in [-0.2, 0) is 11.3 Å². The van der Waals surface area contributed by atoms with Gasteiger partial charge in [0.2, 0.25) is 0 Å². The lowest BCUT2D eigenvalue weighted by Gasteiger charge is -2.14. The summed E-state index contributed by atoms with van der Waals surface area (Å²) in [6, 6.07) is 14.0. The molecule has 0 spiro atoms. The quantitative estimate of drug-likeness (QED) is 0.268. The highest BCUT2D eigenvalue weighted by Gasteiger charge is 2.23. The lowest BCUT2D eigenvalue weighted by atomic mass is 10.1. The van der Waals surface area contributed by atoms with Gasteiger partial charge >= 0.3 is 5.97 Å². The van der Waals surface area contributed by atoms with Crippen molar-refractivity contribution in [3.05, 3.63) is 81.3 Å². The number of hydrogen-bond acceptors (Lipinski definition) is 5. The molecule has 0 amide bonds. The van der Waals surface area contributed by atoms with Gasteiger partial charge in [-0.25, -0.2) is 14.2 Å². The third kappa shape index (κ3) is 4.22. The van der Waals surface area contributed by atoms with Gasteiger partial charge in [0.05, 0.1) is 40.9 Å². The lowest BCUT2D eigenvalue weighted by Crippen LogP contribution is -2.09. The Morgan fingerprint density at radius 3 is 2.68 bits per heavy atom. The van der Waals surface area contributed by atoms with E-state index in [0.717, 1.165) is 10.0 Å². The highest BCUT2D eigenvalue weighted by molar-refractivity contribution is 9.10. The number of ether oxygens (including phenoxy) is 1. The van der Waals surface area contributed by atoms with Crippen LogP contribution in [0.5, 0.6) is 0 Å². The van der Waals surface area contributed by atoms with Gasteiger partial charge in [-0.1, -0.05) is 39.7 Å². The van der Waals surface area contributed by atoms with Gasteiger partial charge in [0.1, 0.15) is 5.52 Å². The van der Waals surface area contributed by atoms with Crippen LogP contribution >= 0.6 is 27.5 Å². The van der Waals surface area contributed by atoms with Gasteiger partial charge in [-0.05, 0) is 42.0 Å². The average molecular weight is 504 g/mol. The van der Waals surface area contributed by atoms with Crippen LogP contribution in [0.4, 0.5) is 21.5 Å². The average Bonchev–Trinajstić information content (AvgIpc) is 3.15. The summed E-state index contributed by atoms with van der Waals surface area (Å²) in [5, 5.41) is 3.28. The SMILES string of the molecule is COC(=O)c1cc2c(ncn2Cc2ccc(N)cc2)c(F)c1Nc1ccc(Br)cc1Cl. The van der Waals surface area contributed by atoms with E-state index in [1.807, 2.05) is 12.1 Å². The maximum absolute atomic E-state index is 15.5. The summed E-state index contributed by atoms with van der Waals surface area (Å²) in [5.41, 5.74) is 8.35. The first-order valence-corrected chi connectivity index (χ1v) is 10.4. The van der Waals surface area contributed by atoms with Crippen molar-refractivity contribution < 1.29 is 13.9 Å². The number of fused-ring (bicyclic) bond motifs is 1. The van der Waals surface area contributed by atoms with Crippen molar-refractivity contribution in [1.29, 1.82) is 0 Å². The number of nitrogens with zero attached hydrogens (tertiary/aromatic N) is 2. The van der Waals surface area contributed by atoms with Gasteiger partial charge in [-0.3, -0.25) is 0 Å². The molecule has 0 aliphatic rings. The van der Waals surface area contributed by atoms with Crippen LogP contribution < -0.4 is 11.1 Å². The zero-order valence-electron chi connectivity index (χ0n) is 16.3. The molecule has 3 N–H and O–H groups in total. The van der Waals surface area contributed by atoms with Crippen molar-refractivity contribution in [2.24, 2.45) is 0 Å². The van der Waals surface area contributed by atoms with E-state index < -0.39 is 11.8 Å². The molecule has 0 aliphatic heterocycles. The van der Waals surface area contributed by atoms with E-state index >= 15 is 4.39 Å². The number of imidazole rings is 1. The summed E-state index contributed by atoms with van der Waals surface area (Å²) >= 11 is 9.59. The first kappa shape index (κ1) is 21.1. The van der Waals surface area contributed by atoms with Crippen molar-refractivity contribution in [3.63, 3.8) is 0 Å². The molecule has 0 saturated carbocycles. The molecule has 0 aliphatic carbocycles. The number of carbonyl (C=O) groups is 1. The number of benzene rings is 3. The molecule has 158 valence electrons. The van der Waals surface area contributed by atoms with E-state index in [0.29, 0.717) is 28.5 Å². The van der Waals surface area contributed by atoms with Crippen LogP contribution in [0.3, 0.4) is 0 Å². The molecule has 9 heteroatoms. The minimum atomic E-state index is -0.684. The molecule has 0 saturated heterocycles. The Balaban J connectivity index is 1.82. The summed E-state index contributed by atoms with van der Waals surface area (Å²) in [5.74, 6) is -1.36. The monoisotopic (exact) mass is 502 g/mol. The molecule has 0 bridgehead atoms. The van der Waals surface area contributed by atoms with Gasteiger partial charge in [-0.15, -0.1) is 0 Å². The van der Waals surface area contributed by atoms with Crippen LogP contribution in [0.2, 0.25) is 5.02 Å². The summed E-state index contributed by atoms with van der Waals surface area (Å²) in [6.07, 6.45) is 1.53. The Hall–Kier alpha value is -3.10. The Morgan fingerprint density at radius 2 is 2.00 bits per heavy atom. The number of carbonyl (C=O) groups excluding carboxylic acids is 1. The summed E-state index contributed by atoms with van der Waals surface area (Å²) in [4.78, 5) is 16.7. The molecule has 0 fully saturated rings. The van der Waals surface area contributed by atoms with Gasteiger partial charge in [0.15, 0.2) is 5.82 Å². The molecule has 4 rings (SSSR count). The van der Waals surface area contributed by atoms with E-state index in [-0.39, 0.29) is 16.8 Å². The van der Waals surface area contributed by atoms with Crippen LogP contribution in [0.1, 0.15) is 15.9 Å². The highest BCUT2D eigenvalue weighted by Crippen LogP contribution is 2.34. The fourth-order valence-electron chi connectivity index (χ4n) is 3.22. The van der Waals surface area contributed by atoms with E-state index in [4.69, 9.17) is 22.1 Å².